The van der Waals surface area contributed by atoms with E-state index in [1.165, 1.54) is 4.90 Å². The monoisotopic (exact) mass is 218 g/mol. The first-order valence-corrected chi connectivity index (χ1v) is 4.54. The van der Waals surface area contributed by atoms with Gasteiger partial charge in [-0.3, -0.25) is 14.9 Å². The van der Waals surface area contributed by atoms with E-state index in [1.807, 2.05) is 0 Å². The molecule has 0 aliphatic heterocycles. The summed E-state index contributed by atoms with van der Waals surface area (Å²) in [6.45, 7) is 0. The zero-order chi connectivity index (χ0) is 11.5. The summed E-state index contributed by atoms with van der Waals surface area (Å²) in [5, 5.41) is 6.06. The molecule has 0 aliphatic rings. The van der Waals surface area contributed by atoms with Crippen molar-refractivity contribution in [2.45, 2.75) is 0 Å². The molecular formula is C9H10N6O. The van der Waals surface area contributed by atoms with Crippen LogP contribution in [0.4, 0.5) is 11.6 Å². The quantitative estimate of drug-likeness (QED) is 0.742. The van der Waals surface area contributed by atoms with E-state index in [1.54, 1.807) is 31.6 Å². The smallest absolute Gasteiger partial charge is 0.295 e. The molecule has 16 heavy (non-hydrogen) atoms. The van der Waals surface area contributed by atoms with Crippen LogP contribution in [0.25, 0.3) is 0 Å². The predicted octanol–water partition coefficient (Wildman–Crippen LogP) is 0.0585. The molecule has 0 bridgehead atoms. The predicted molar refractivity (Wildman–Crippen MR) is 57.8 cm³/mol. The van der Waals surface area contributed by atoms with Crippen LogP contribution in [-0.4, -0.2) is 33.1 Å². The van der Waals surface area contributed by atoms with E-state index in [-0.39, 0.29) is 17.7 Å². The fraction of sp³-hybridized carbons (Fsp3) is 0.111. The average molecular weight is 218 g/mol. The van der Waals surface area contributed by atoms with Crippen molar-refractivity contribution in [1.82, 2.24) is 20.2 Å². The molecule has 82 valence electrons. The highest BCUT2D eigenvalue weighted by Gasteiger charge is 2.16. The van der Waals surface area contributed by atoms with Gasteiger partial charge in [-0.2, -0.15) is 4.98 Å². The van der Waals surface area contributed by atoms with Crippen molar-refractivity contribution in [1.29, 1.82) is 0 Å². The van der Waals surface area contributed by atoms with Crippen LogP contribution in [-0.2, 0) is 0 Å². The number of carbonyl (C=O) groups excluding carboxylic acids is 1. The van der Waals surface area contributed by atoms with E-state index < -0.39 is 0 Å². The number of amides is 1. The molecule has 0 fully saturated rings. The van der Waals surface area contributed by atoms with Gasteiger partial charge < -0.3 is 10.6 Å². The van der Waals surface area contributed by atoms with Gasteiger partial charge in [-0.05, 0) is 12.1 Å². The topological polar surface area (TPSA) is 101 Å². The number of hydrogen-bond acceptors (Lipinski definition) is 5. The Balaban J connectivity index is 2.23. The number of nitrogens with one attached hydrogen (secondary N) is 1. The van der Waals surface area contributed by atoms with E-state index in [2.05, 4.69) is 20.2 Å². The third-order valence-corrected chi connectivity index (χ3v) is 2.06. The fourth-order valence-corrected chi connectivity index (χ4v) is 1.21. The van der Waals surface area contributed by atoms with Crippen LogP contribution in [0.3, 0.4) is 0 Å². The zero-order valence-electron chi connectivity index (χ0n) is 8.58. The van der Waals surface area contributed by atoms with E-state index in [4.69, 9.17) is 5.73 Å². The molecular weight excluding hydrogens is 208 g/mol. The van der Waals surface area contributed by atoms with Crippen LogP contribution in [0.15, 0.2) is 24.5 Å². The van der Waals surface area contributed by atoms with Crippen molar-refractivity contribution in [3.8, 4) is 0 Å². The average Bonchev–Trinajstić information content (AvgIpc) is 2.75. The van der Waals surface area contributed by atoms with Gasteiger partial charge in [0.15, 0.2) is 0 Å². The van der Waals surface area contributed by atoms with Gasteiger partial charge in [0.05, 0.1) is 0 Å². The number of rotatable bonds is 2. The van der Waals surface area contributed by atoms with Crippen molar-refractivity contribution in [2.24, 2.45) is 0 Å². The summed E-state index contributed by atoms with van der Waals surface area (Å²) < 4.78 is 0. The number of carbonyl (C=O) groups is 1. The number of aromatic amines is 1. The minimum Gasteiger partial charge on any atom is -0.366 e. The highest BCUT2D eigenvalue weighted by atomic mass is 16.2. The number of nitrogens with two attached hydrogens (primary N) is 1. The second kappa shape index (κ2) is 3.97. The summed E-state index contributed by atoms with van der Waals surface area (Å²) >= 11 is 0. The van der Waals surface area contributed by atoms with Gasteiger partial charge in [0, 0.05) is 25.1 Å². The lowest BCUT2D eigenvalue weighted by Gasteiger charge is -2.14. The summed E-state index contributed by atoms with van der Waals surface area (Å²) in [6.07, 6.45) is 3.21. The maximum atomic E-state index is 11.9. The molecule has 2 rings (SSSR count). The molecule has 0 aliphatic carbocycles. The Morgan fingerprint density at radius 1 is 1.44 bits per heavy atom. The van der Waals surface area contributed by atoms with Gasteiger partial charge in [0.2, 0.25) is 11.8 Å². The number of anilines is 2. The number of hydrogen-bond donors (Lipinski definition) is 2. The Bertz CT molecular complexity index is 494. The highest BCUT2D eigenvalue weighted by molar-refractivity contribution is 6.03. The molecule has 0 radical (unpaired) electrons. The molecule has 0 unspecified atom stereocenters. The highest BCUT2D eigenvalue weighted by Crippen LogP contribution is 2.12. The summed E-state index contributed by atoms with van der Waals surface area (Å²) in [7, 11) is 1.64. The number of H-pyrrole nitrogens is 1. The molecule has 3 N–H and O–H groups in total. The minimum atomic E-state index is -0.310. The lowest BCUT2D eigenvalue weighted by Crippen LogP contribution is -2.27. The number of nitrogens with zero attached hydrogens (tertiary/aromatic N) is 4. The van der Waals surface area contributed by atoms with E-state index >= 15 is 0 Å². The van der Waals surface area contributed by atoms with Crippen LogP contribution < -0.4 is 10.6 Å². The van der Waals surface area contributed by atoms with Crippen molar-refractivity contribution in [3.63, 3.8) is 0 Å². The molecule has 7 heteroatoms. The Morgan fingerprint density at radius 3 is 2.69 bits per heavy atom. The number of aromatic nitrogens is 4. The molecule has 7 nitrogen and oxygen atoms in total. The van der Waals surface area contributed by atoms with Crippen molar-refractivity contribution in [2.75, 3.05) is 17.7 Å². The normalized spacial score (nSPS) is 10.1. The molecule has 2 heterocycles. The van der Waals surface area contributed by atoms with E-state index in [0.717, 1.165) is 5.69 Å². The van der Waals surface area contributed by atoms with Crippen molar-refractivity contribution in [3.05, 3.63) is 30.4 Å². The summed E-state index contributed by atoms with van der Waals surface area (Å²) in [6, 6.07) is 3.44. The Kier molecular flexibility index (Phi) is 2.50. The maximum Gasteiger partial charge on any atom is 0.295 e. The lowest BCUT2D eigenvalue weighted by molar-refractivity contribution is 0.0983. The Hall–Kier alpha value is -2.44. The fourth-order valence-electron chi connectivity index (χ4n) is 1.21. The summed E-state index contributed by atoms with van der Waals surface area (Å²) in [4.78, 5) is 20.9. The van der Waals surface area contributed by atoms with Gasteiger partial charge in [0.25, 0.3) is 5.91 Å². The maximum absolute atomic E-state index is 11.9. The standard InChI is InChI=1S/C9H10N6O/c1-15(6-2-4-11-5-3-6)8(16)7-12-9(10)14-13-7/h2-5H,1H3,(H3,10,12,13,14). The Labute approximate surface area is 91.3 Å². The summed E-state index contributed by atoms with van der Waals surface area (Å²) in [5.41, 5.74) is 6.04. The summed E-state index contributed by atoms with van der Waals surface area (Å²) in [5.74, 6) is -0.154. The molecule has 1 amide bonds. The van der Waals surface area contributed by atoms with Crippen LogP contribution in [0.1, 0.15) is 10.6 Å². The van der Waals surface area contributed by atoms with Crippen molar-refractivity contribution < 1.29 is 4.79 Å². The first kappa shape index (κ1) is 10.1. The molecule has 0 atom stereocenters. The Morgan fingerprint density at radius 2 is 2.12 bits per heavy atom. The van der Waals surface area contributed by atoms with E-state index in [9.17, 15) is 4.79 Å². The molecule has 0 spiro atoms. The van der Waals surface area contributed by atoms with Crippen LogP contribution in [0.2, 0.25) is 0 Å². The molecule has 0 saturated heterocycles. The van der Waals surface area contributed by atoms with E-state index in [0.29, 0.717) is 0 Å². The molecule has 0 aromatic carbocycles. The number of pyridine rings is 1. The van der Waals surface area contributed by atoms with Gasteiger partial charge in [-0.1, -0.05) is 0 Å². The second-order valence-electron chi connectivity index (χ2n) is 3.11. The first-order chi connectivity index (χ1) is 7.68. The molecule has 2 aromatic rings. The van der Waals surface area contributed by atoms with Gasteiger partial charge in [0.1, 0.15) is 0 Å². The van der Waals surface area contributed by atoms with Gasteiger partial charge in [-0.15, -0.1) is 5.10 Å². The molecule has 0 saturated carbocycles. The van der Waals surface area contributed by atoms with Crippen LogP contribution in [0, 0.1) is 0 Å². The van der Waals surface area contributed by atoms with Crippen LogP contribution in [0.5, 0.6) is 0 Å². The third kappa shape index (κ3) is 1.83. The van der Waals surface area contributed by atoms with Gasteiger partial charge in [-0.25, -0.2) is 0 Å². The minimum absolute atomic E-state index is 0.0477. The zero-order valence-corrected chi connectivity index (χ0v) is 8.58. The molecule has 2 aromatic heterocycles. The van der Waals surface area contributed by atoms with Gasteiger partial charge >= 0.3 is 0 Å². The van der Waals surface area contributed by atoms with Crippen LogP contribution >= 0.6 is 0 Å². The first-order valence-electron chi connectivity index (χ1n) is 4.54. The van der Waals surface area contributed by atoms with Crippen molar-refractivity contribution >= 4 is 17.5 Å². The lowest BCUT2D eigenvalue weighted by atomic mass is 10.3. The third-order valence-electron chi connectivity index (χ3n) is 2.06. The second-order valence-corrected chi connectivity index (χ2v) is 3.11. The largest absolute Gasteiger partial charge is 0.366 e. The SMILES string of the molecule is CN(C(=O)c1nc(N)n[nH]1)c1ccncc1. The number of nitrogen functional groups attached to an aromatic ring is 1.